The van der Waals surface area contributed by atoms with E-state index in [9.17, 15) is 17.0 Å². The minimum Gasteiger partial charge on any atom is -0.500 e. The van der Waals surface area contributed by atoms with Gasteiger partial charge >= 0.3 is 20.1 Å². The van der Waals surface area contributed by atoms with Gasteiger partial charge in [-0.2, -0.15) is 0 Å². The Morgan fingerprint density at radius 3 is 1.73 bits per heavy atom. The Balaban J connectivity index is 0.00000757. The molecule has 0 radical (unpaired) electrons. The van der Waals surface area contributed by atoms with Crippen LogP contribution >= 0.6 is 0 Å². The van der Waals surface area contributed by atoms with Crippen LogP contribution in [0.4, 0.5) is 13.2 Å². The number of hydrogen-bond acceptors (Lipinski definition) is 4. The number of halogens is 3. The van der Waals surface area contributed by atoms with E-state index in [1.807, 2.05) is 0 Å². The number of fused-ring (bicyclic) bond motifs is 3. The summed E-state index contributed by atoms with van der Waals surface area (Å²) < 4.78 is 157. The van der Waals surface area contributed by atoms with Crippen molar-refractivity contribution in [2.75, 3.05) is 0 Å². The number of aryl methyl sites for hydroxylation is 4. The fourth-order valence-corrected chi connectivity index (χ4v) is 7.67. The summed E-state index contributed by atoms with van der Waals surface area (Å²) >= 11 is 0. The predicted molar refractivity (Wildman–Crippen MR) is 256 cm³/mol. The van der Waals surface area contributed by atoms with E-state index >= 15 is 4.39 Å². The topological polar surface area (TPSA) is 51.8 Å². The van der Waals surface area contributed by atoms with E-state index < -0.39 is 89.4 Å². The molecule has 0 N–H and O–H groups in total. The molecular weight excluding hydrogens is 1020 g/mol. The van der Waals surface area contributed by atoms with Crippen LogP contribution in [0.3, 0.4) is 0 Å². The number of furan rings is 1. The molecule has 4 nitrogen and oxygen atoms in total. The summed E-state index contributed by atoms with van der Waals surface area (Å²) in [6.07, 6.45) is -2.76. The van der Waals surface area contributed by atoms with Gasteiger partial charge in [0, 0.05) is 43.8 Å². The van der Waals surface area contributed by atoms with Crippen LogP contribution in [0.25, 0.3) is 66.8 Å². The number of benzene rings is 6. The van der Waals surface area contributed by atoms with Crippen LogP contribution in [0.1, 0.15) is 63.7 Å². The molecule has 0 bridgehead atoms. The van der Waals surface area contributed by atoms with Crippen molar-refractivity contribution >= 4 is 21.9 Å². The first-order valence-electron chi connectivity index (χ1n) is 26.9. The maximum Gasteiger partial charge on any atom is 3.00 e. The zero-order chi connectivity index (χ0) is 55.8. The Kier molecular flexibility index (Phi) is 9.48. The molecule has 10 aromatic rings. The monoisotopic (exact) mass is 1070 g/mol. The van der Waals surface area contributed by atoms with Gasteiger partial charge in [0.15, 0.2) is 0 Å². The smallest absolute Gasteiger partial charge is 0.500 e. The summed E-state index contributed by atoms with van der Waals surface area (Å²) in [6.45, 7) is 3.30. The average molecular weight is 1070 g/mol. The van der Waals surface area contributed by atoms with Gasteiger partial charge in [0.25, 0.3) is 0 Å². The Morgan fingerprint density at radius 1 is 0.597 bits per heavy atom. The normalized spacial score (nSPS) is 14.8. The van der Waals surface area contributed by atoms with Crippen LogP contribution < -0.4 is 0 Å². The third-order valence-electron chi connectivity index (χ3n) is 11.1. The molecule has 0 atom stereocenters. The van der Waals surface area contributed by atoms with Gasteiger partial charge in [-0.05, 0) is 106 Å². The zero-order valence-corrected chi connectivity index (χ0v) is 38.2. The largest absolute Gasteiger partial charge is 3.00 e. The van der Waals surface area contributed by atoms with E-state index in [0.717, 1.165) is 0 Å². The van der Waals surface area contributed by atoms with E-state index in [1.54, 1.807) is 62.4 Å². The molecule has 0 amide bonds. The molecule has 0 aliphatic rings. The van der Waals surface area contributed by atoms with Crippen LogP contribution in [-0.4, -0.2) is 15.0 Å². The third-order valence-corrected chi connectivity index (χ3v) is 11.1. The summed E-state index contributed by atoms with van der Waals surface area (Å²) in [5, 5.41) is 0.632. The molecule has 0 saturated heterocycles. The minimum atomic E-state index is -2.35. The second kappa shape index (κ2) is 19.5. The first-order valence-corrected chi connectivity index (χ1v) is 20.9. The number of nitrogens with zero attached hydrogens (tertiary/aromatic N) is 3. The van der Waals surface area contributed by atoms with Gasteiger partial charge in [-0.1, -0.05) is 110 Å². The van der Waals surface area contributed by atoms with Crippen molar-refractivity contribution in [1.29, 1.82) is 0 Å². The van der Waals surface area contributed by atoms with Crippen LogP contribution in [0, 0.1) is 35.7 Å². The van der Waals surface area contributed by atoms with E-state index in [1.165, 1.54) is 79.3 Å². The molecule has 0 aliphatic carbocycles. The van der Waals surface area contributed by atoms with Crippen molar-refractivity contribution in [1.82, 2.24) is 15.0 Å². The van der Waals surface area contributed by atoms with E-state index in [4.69, 9.17) is 17.6 Å². The molecule has 4 heterocycles. The second-order valence-electron chi connectivity index (χ2n) is 16.1. The summed E-state index contributed by atoms with van der Waals surface area (Å²) in [6, 6.07) is 31.4. The van der Waals surface area contributed by atoms with Gasteiger partial charge in [0.2, 0.25) is 0 Å². The Morgan fingerprint density at radius 2 is 1.18 bits per heavy atom. The fourth-order valence-electron chi connectivity index (χ4n) is 7.67. The van der Waals surface area contributed by atoms with Crippen LogP contribution in [0.5, 0.6) is 0 Å². The van der Waals surface area contributed by atoms with Crippen molar-refractivity contribution in [2.45, 2.75) is 51.2 Å². The zero-order valence-electron chi connectivity index (χ0n) is 47.8. The Hall–Kier alpha value is -6.99. The first-order chi connectivity index (χ1) is 36.9. The van der Waals surface area contributed by atoms with Crippen molar-refractivity contribution < 1.29 is 54.1 Å². The summed E-state index contributed by atoms with van der Waals surface area (Å²) in [5.74, 6) is -2.06. The molecule has 10 rings (SSSR count). The summed E-state index contributed by atoms with van der Waals surface area (Å²) in [5.41, 5.74) is 1.57. The van der Waals surface area contributed by atoms with Gasteiger partial charge < -0.3 is 19.4 Å². The minimum absolute atomic E-state index is 0. The van der Waals surface area contributed by atoms with Crippen molar-refractivity contribution in [3.05, 3.63) is 233 Å². The molecule has 0 unspecified atom stereocenters. The number of pyridine rings is 3. The maximum atomic E-state index is 16.1. The number of rotatable bonds is 13. The van der Waals surface area contributed by atoms with Gasteiger partial charge in [0.05, 0.1) is 19.4 Å². The third kappa shape index (κ3) is 9.92. The molecule has 0 fully saturated rings. The molecule has 8 heteroatoms. The van der Waals surface area contributed by atoms with Crippen LogP contribution in [0.15, 0.2) is 168 Å². The molecular formula is C59H43F3IrN3O. The molecule has 330 valence electrons. The Labute approximate surface area is 418 Å². The van der Waals surface area contributed by atoms with Crippen molar-refractivity contribution in [3.63, 3.8) is 0 Å². The van der Waals surface area contributed by atoms with Crippen LogP contribution in [-0.2, 0) is 57.5 Å². The fraction of sp³-hybridized carbons (Fsp3) is 0.136. The maximum absolute atomic E-state index is 16.1. The molecule has 0 saturated carbocycles. The van der Waals surface area contributed by atoms with E-state index in [2.05, 4.69) is 28.2 Å². The number of hydrogen-bond donors (Lipinski definition) is 0. The van der Waals surface area contributed by atoms with Gasteiger partial charge in [0.1, 0.15) is 11.4 Å². The van der Waals surface area contributed by atoms with E-state index in [0.29, 0.717) is 44.6 Å². The van der Waals surface area contributed by atoms with Gasteiger partial charge in [-0.25, -0.2) is 4.39 Å². The van der Waals surface area contributed by atoms with E-state index in [-0.39, 0.29) is 77.4 Å². The van der Waals surface area contributed by atoms with Crippen molar-refractivity contribution in [3.8, 4) is 44.9 Å². The standard InChI is InChI=1S/C59H43F3N3O.Ir/c1-59(2,46-21-30-55(65-37-46)51-10-6-9-49-50-26-27-52(62)56(58(50)66-57(49)51)45-7-4-3-5-8-45)34-42-32-40(13-11-38-15-28-53(63-35-38)43-17-22-47(60)23-18-43)31-41(33-42)14-12-39-16-29-54(64-36-39)44-19-24-48(61)25-20-44;/h3-9,15-17,19,21-33,35-37H,11-14,34H2,1-2H3;/q-3;+3/i3D,4D,5D,7D,8D,13D2,14D2,27D,34D2;. The van der Waals surface area contributed by atoms with Gasteiger partial charge in [-0.15, -0.1) is 77.9 Å². The molecule has 0 spiro atoms. The molecule has 67 heavy (non-hydrogen) atoms. The summed E-state index contributed by atoms with van der Waals surface area (Å²) in [7, 11) is 0. The summed E-state index contributed by atoms with van der Waals surface area (Å²) in [4.78, 5) is 13.7. The molecule has 0 aliphatic heterocycles. The number of aromatic nitrogens is 3. The van der Waals surface area contributed by atoms with Crippen molar-refractivity contribution in [2.24, 2.45) is 0 Å². The second-order valence-corrected chi connectivity index (χ2v) is 16.1. The first kappa shape index (κ1) is 32.6. The molecule has 6 aromatic carbocycles. The predicted octanol–water partition coefficient (Wildman–Crippen LogP) is 14.3. The average Bonchev–Trinajstić information content (AvgIpc) is 3.99. The van der Waals surface area contributed by atoms with Crippen LogP contribution in [0.2, 0.25) is 0 Å². The quantitative estimate of drug-likeness (QED) is 0.108. The SMILES string of the molecule is [2H]c1cc2c(oc3c(-c4ccc(C(C)(C)C([2H])([2H])c5cc(C([2H])([2H])Cc6ccc(-c7[c-]cc(F)cc7)nc6)cc(C([2H])([2H])Cc6ccc(-c7[c-]cc(F)cc7)nc6)c5)cn4)[c-]ccc32)c(-c2c([2H])c([2H])c([2H])c([2H])c2[2H])c1F.[Ir+3]. The van der Waals surface area contributed by atoms with Gasteiger partial charge in [-0.3, -0.25) is 8.78 Å². The Bertz CT molecular complexity index is 3810. The molecule has 4 aromatic heterocycles.